The van der Waals surface area contributed by atoms with E-state index in [0.717, 1.165) is 19.6 Å². The maximum atomic E-state index is 12.6. The molecule has 0 spiro atoms. The number of hydrogen-bond donors (Lipinski definition) is 1. The highest BCUT2D eigenvalue weighted by atomic mass is 16.5. The Kier molecular flexibility index (Phi) is 6.68. The van der Waals surface area contributed by atoms with E-state index in [1.165, 1.54) is 5.56 Å². The van der Waals surface area contributed by atoms with E-state index in [1.807, 2.05) is 6.07 Å². The van der Waals surface area contributed by atoms with Crippen molar-refractivity contribution in [3.05, 3.63) is 59.7 Å². The van der Waals surface area contributed by atoms with E-state index < -0.39 is 0 Å². The summed E-state index contributed by atoms with van der Waals surface area (Å²) in [5.74, 6) is 0.932. The van der Waals surface area contributed by atoms with Gasteiger partial charge in [0.25, 0.3) is 5.91 Å². The van der Waals surface area contributed by atoms with Crippen LogP contribution in [0.25, 0.3) is 0 Å². The minimum Gasteiger partial charge on any atom is -0.497 e. The van der Waals surface area contributed by atoms with Crippen LogP contribution in [-0.2, 0) is 11.3 Å². The summed E-state index contributed by atoms with van der Waals surface area (Å²) >= 11 is 0. The van der Waals surface area contributed by atoms with E-state index in [-0.39, 0.29) is 12.0 Å². The van der Waals surface area contributed by atoms with Crippen LogP contribution < -0.4 is 14.8 Å². The number of hydrogen-bond acceptors (Lipinski definition) is 5. The number of benzene rings is 2. The molecule has 1 aliphatic rings. The highest BCUT2D eigenvalue weighted by Gasteiger charge is 2.22. The zero-order valence-corrected chi connectivity index (χ0v) is 15.8. The quantitative estimate of drug-likeness (QED) is 0.811. The molecule has 0 radical (unpaired) electrons. The predicted octanol–water partition coefficient (Wildman–Crippen LogP) is 2.33. The number of methoxy groups -OCH3 is 2. The zero-order valence-electron chi connectivity index (χ0n) is 15.8. The smallest absolute Gasteiger partial charge is 0.255 e. The number of nitrogens with one attached hydrogen (secondary N) is 1. The molecular formula is C21H26N2O4. The van der Waals surface area contributed by atoms with Crippen molar-refractivity contribution in [2.75, 3.05) is 40.5 Å². The van der Waals surface area contributed by atoms with Crippen LogP contribution >= 0.6 is 0 Å². The molecule has 0 saturated carbocycles. The molecular weight excluding hydrogens is 344 g/mol. The van der Waals surface area contributed by atoms with Gasteiger partial charge in [-0.05, 0) is 23.8 Å². The summed E-state index contributed by atoms with van der Waals surface area (Å²) in [7, 11) is 3.12. The van der Waals surface area contributed by atoms with Crippen LogP contribution in [0.2, 0.25) is 0 Å². The van der Waals surface area contributed by atoms with Crippen LogP contribution in [0.4, 0.5) is 0 Å². The fraction of sp³-hybridized carbons (Fsp3) is 0.381. The Balaban J connectivity index is 1.55. The van der Waals surface area contributed by atoms with Gasteiger partial charge in [0.2, 0.25) is 0 Å². The molecule has 1 atom stereocenters. The first kappa shape index (κ1) is 19.2. The van der Waals surface area contributed by atoms with Crippen molar-refractivity contribution >= 4 is 5.91 Å². The van der Waals surface area contributed by atoms with Crippen molar-refractivity contribution in [1.29, 1.82) is 0 Å². The highest BCUT2D eigenvalue weighted by Crippen LogP contribution is 2.23. The molecule has 144 valence electrons. The Morgan fingerprint density at radius 2 is 2.00 bits per heavy atom. The van der Waals surface area contributed by atoms with Gasteiger partial charge in [-0.15, -0.1) is 0 Å². The van der Waals surface area contributed by atoms with Gasteiger partial charge in [-0.25, -0.2) is 0 Å². The number of carbonyl (C=O) groups is 1. The lowest BCUT2D eigenvalue weighted by Crippen LogP contribution is -2.47. The standard InChI is InChI=1S/C21H26N2O4/c1-25-17-8-9-20(26-2)19(12-17)21(24)22-13-18-15-23(10-11-27-18)14-16-6-4-3-5-7-16/h3-9,12,18H,10-11,13-15H2,1-2H3,(H,22,24). The lowest BCUT2D eigenvalue weighted by atomic mass is 10.1. The molecule has 1 heterocycles. The summed E-state index contributed by atoms with van der Waals surface area (Å²) in [6, 6.07) is 15.5. The molecule has 0 aromatic heterocycles. The molecule has 1 amide bonds. The maximum absolute atomic E-state index is 12.6. The first-order chi connectivity index (χ1) is 13.2. The number of carbonyl (C=O) groups excluding carboxylic acids is 1. The topological polar surface area (TPSA) is 60.0 Å². The van der Waals surface area contributed by atoms with E-state index in [9.17, 15) is 4.79 Å². The van der Waals surface area contributed by atoms with Gasteiger partial charge in [-0.1, -0.05) is 30.3 Å². The number of morpholine rings is 1. The van der Waals surface area contributed by atoms with E-state index in [4.69, 9.17) is 14.2 Å². The Hall–Kier alpha value is -2.57. The molecule has 27 heavy (non-hydrogen) atoms. The average Bonchev–Trinajstić information content (AvgIpc) is 2.72. The molecule has 2 aromatic rings. The Morgan fingerprint density at radius 1 is 1.19 bits per heavy atom. The molecule has 3 rings (SSSR count). The largest absolute Gasteiger partial charge is 0.497 e. The molecule has 6 nitrogen and oxygen atoms in total. The van der Waals surface area contributed by atoms with Gasteiger partial charge in [0, 0.05) is 26.2 Å². The number of rotatable bonds is 7. The summed E-state index contributed by atoms with van der Waals surface area (Å²) in [6.07, 6.45) is -0.0389. The number of amides is 1. The second kappa shape index (κ2) is 9.39. The van der Waals surface area contributed by atoms with Gasteiger partial charge in [0.15, 0.2) is 0 Å². The van der Waals surface area contributed by atoms with Gasteiger partial charge < -0.3 is 19.5 Å². The Morgan fingerprint density at radius 3 is 2.74 bits per heavy atom. The van der Waals surface area contributed by atoms with Gasteiger partial charge >= 0.3 is 0 Å². The van der Waals surface area contributed by atoms with Crippen LogP contribution in [-0.4, -0.2) is 57.4 Å². The maximum Gasteiger partial charge on any atom is 0.255 e. The summed E-state index contributed by atoms with van der Waals surface area (Å²) < 4.78 is 16.3. The molecule has 1 unspecified atom stereocenters. The third-order valence-corrected chi connectivity index (χ3v) is 4.61. The van der Waals surface area contributed by atoms with Gasteiger partial charge in [0.05, 0.1) is 32.5 Å². The summed E-state index contributed by atoms with van der Waals surface area (Å²) in [4.78, 5) is 14.9. The first-order valence-corrected chi connectivity index (χ1v) is 9.07. The molecule has 1 N–H and O–H groups in total. The van der Waals surface area contributed by atoms with Crippen molar-refractivity contribution in [3.63, 3.8) is 0 Å². The minimum absolute atomic E-state index is 0.0389. The van der Waals surface area contributed by atoms with Crippen molar-refractivity contribution in [2.45, 2.75) is 12.6 Å². The van der Waals surface area contributed by atoms with Crippen LogP contribution in [0.5, 0.6) is 11.5 Å². The SMILES string of the molecule is COc1ccc(OC)c(C(=O)NCC2CN(Cc3ccccc3)CCO2)c1. The van der Waals surface area contributed by atoms with Gasteiger partial charge in [-0.2, -0.15) is 0 Å². The fourth-order valence-electron chi connectivity index (χ4n) is 3.18. The molecule has 6 heteroatoms. The van der Waals surface area contributed by atoms with E-state index in [0.29, 0.717) is 30.2 Å². The first-order valence-electron chi connectivity index (χ1n) is 9.07. The molecule has 1 saturated heterocycles. The molecule has 1 aliphatic heterocycles. The van der Waals surface area contributed by atoms with E-state index in [1.54, 1.807) is 32.4 Å². The lowest BCUT2D eigenvalue weighted by Gasteiger charge is -2.33. The van der Waals surface area contributed by atoms with Crippen molar-refractivity contribution in [3.8, 4) is 11.5 Å². The zero-order chi connectivity index (χ0) is 19.1. The van der Waals surface area contributed by atoms with E-state index >= 15 is 0 Å². The third-order valence-electron chi connectivity index (χ3n) is 4.61. The van der Waals surface area contributed by atoms with Crippen LogP contribution in [0.1, 0.15) is 15.9 Å². The van der Waals surface area contributed by atoms with Gasteiger partial charge in [0.1, 0.15) is 11.5 Å². The summed E-state index contributed by atoms with van der Waals surface area (Å²) in [6.45, 7) is 3.67. The number of nitrogens with zero attached hydrogens (tertiary/aromatic N) is 1. The fourth-order valence-corrected chi connectivity index (χ4v) is 3.18. The molecule has 0 bridgehead atoms. The monoisotopic (exact) mass is 370 g/mol. The number of ether oxygens (including phenoxy) is 3. The summed E-state index contributed by atoms with van der Waals surface area (Å²) in [5.41, 5.74) is 1.73. The van der Waals surface area contributed by atoms with Gasteiger partial charge in [-0.3, -0.25) is 9.69 Å². The Bertz CT molecular complexity index is 751. The van der Waals surface area contributed by atoms with Crippen molar-refractivity contribution < 1.29 is 19.0 Å². The molecule has 2 aromatic carbocycles. The lowest BCUT2D eigenvalue weighted by molar-refractivity contribution is -0.0292. The predicted molar refractivity (Wildman–Crippen MR) is 103 cm³/mol. The third kappa shape index (κ3) is 5.21. The average molecular weight is 370 g/mol. The summed E-state index contributed by atoms with van der Waals surface area (Å²) in [5, 5.41) is 2.95. The second-order valence-corrected chi connectivity index (χ2v) is 6.49. The van der Waals surface area contributed by atoms with Crippen LogP contribution in [0.3, 0.4) is 0 Å². The highest BCUT2D eigenvalue weighted by molar-refractivity contribution is 5.97. The van der Waals surface area contributed by atoms with E-state index in [2.05, 4.69) is 34.5 Å². The van der Waals surface area contributed by atoms with Crippen molar-refractivity contribution in [1.82, 2.24) is 10.2 Å². The molecule has 0 aliphatic carbocycles. The minimum atomic E-state index is -0.200. The van der Waals surface area contributed by atoms with Crippen molar-refractivity contribution in [2.24, 2.45) is 0 Å². The second-order valence-electron chi connectivity index (χ2n) is 6.49. The normalized spacial score (nSPS) is 17.3. The Labute approximate surface area is 160 Å². The van der Waals surface area contributed by atoms with Crippen LogP contribution in [0, 0.1) is 0 Å². The van der Waals surface area contributed by atoms with Crippen LogP contribution in [0.15, 0.2) is 48.5 Å². The molecule has 1 fully saturated rings.